The van der Waals surface area contributed by atoms with Crippen molar-refractivity contribution in [2.45, 2.75) is 38.1 Å². The maximum atomic E-state index is 12.9. The van der Waals surface area contributed by atoms with E-state index in [1.165, 1.54) is 5.01 Å². The molecule has 2 heterocycles. The average Bonchev–Trinajstić information content (AvgIpc) is 3.12. The number of carbonyl (C=O) groups is 3. The Morgan fingerprint density at radius 2 is 1.89 bits per heavy atom. The van der Waals surface area contributed by atoms with Gasteiger partial charge in [0.25, 0.3) is 5.91 Å². The zero-order valence-electron chi connectivity index (χ0n) is 15.0. The van der Waals surface area contributed by atoms with E-state index in [1.807, 2.05) is 6.07 Å². The lowest BCUT2D eigenvalue weighted by atomic mass is 9.93. The van der Waals surface area contributed by atoms with Crippen LogP contribution in [-0.4, -0.2) is 57.8 Å². The van der Waals surface area contributed by atoms with Gasteiger partial charge in [0.1, 0.15) is 5.71 Å². The molecule has 8 heteroatoms. The van der Waals surface area contributed by atoms with Gasteiger partial charge in [0.05, 0.1) is 5.69 Å². The minimum atomic E-state index is -1.02. The van der Waals surface area contributed by atoms with Gasteiger partial charge in [-0.2, -0.15) is 5.10 Å². The van der Waals surface area contributed by atoms with Gasteiger partial charge in [-0.15, -0.1) is 0 Å². The minimum Gasteiger partial charge on any atom is -0.481 e. The van der Waals surface area contributed by atoms with Crippen LogP contribution in [-0.2, 0) is 14.4 Å². The number of piperidine rings is 1. The predicted octanol–water partition coefficient (Wildman–Crippen LogP) is 1.81. The third-order valence-corrected chi connectivity index (χ3v) is 5.04. The summed E-state index contributed by atoms with van der Waals surface area (Å²) in [6.07, 6.45) is 2.40. The number of hydrogen-bond donors (Lipinski definition) is 2. The molecule has 2 atom stereocenters. The van der Waals surface area contributed by atoms with Crippen LogP contribution in [0.3, 0.4) is 0 Å². The molecule has 1 aromatic rings. The highest BCUT2D eigenvalue weighted by molar-refractivity contribution is 6.40. The Morgan fingerprint density at radius 1 is 1.15 bits per heavy atom. The molecular weight excluding hydrogens is 350 g/mol. The van der Waals surface area contributed by atoms with Crippen LogP contribution >= 0.6 is 0 Å². The van der Waals surface area contributed by atoms with Gasteiger partial charge >= 0.3 is 11.9 Å². The molecule has 3 rings (SSSR count). The lowest BCUT2D eigenvalue weighted by Crippen LogP contribution is -2.43. The number of aliphatic carboxylic acids is 2. The second-order valence-electron chi connectivity index (χ2n) is 6.98. The monoisotopic (exact) mass is 373 g/mol. The van der Waals surface area contributed by atoms with E-state index in [9.17, 15) is 19.5 Å². The largest absolute Gasteiger partial charge is 0.481 e. The number of carbonyl (C=O) groups excluding carboxylic acids is 1. The molecule has 1 saturated heterocycles. The smallest absolute Gasteiger partial charge is 0.328 e. The van der Waals surface area contributed by atoms with Gasteiger partial charge in [-0.3, -0.25) is 14.6 Å². The van der Waals surface area contributed by atoms with Crippen molar-refractivity contribution in [2.75, 3.05) is 18.1 Å². The Hall–Kier alpha value is -2.90. The molecule has 2 unspecified atom stereocenters. The van der Waals surface area contributed by atoms with Crippen LogP contribution in [0.4, 0.5) is 5.69 Å². The molecule has 1 aromatic carbocycles. The van der Waals surface area contributed by atoms with Gasteiger partial charge in [0.15, 0.2) is 6.04 Å². The number of benzene rings is 1. The zero-order chi connectivity index (χ0) is 19.4. The number of hydrazone groups is 1. The molecule has 0 spiro atoms. The first-order valence-electron chi connectivity index (χ1n) is 9.11. The topological polar surface area (TPSA) is 111 Å². The second-order valence-corrected chi connectivity index (χ2v) is 6.98. The highest BCUT2D eigenvalue weighted by Crippen LogP contribution is 2.27. The van der Waals surface area contributed by atoms with E-state index >= 15 is 0 Å². The van der Waals surface area contributed by atoms with Gasteiger partial charge in [-0.25, -0.2) is 4.79 Å². The van der Waals surface area contributed by atoms with E-state index in [1.54, 1.807) is 29.2 Å². The molecule has 0 radical (unpaired) electrons. The fourth-order valence-corrected chi connectivity index (χ4v) is 3.65. The van der Waals surface area contributed by atoms with Crippen LogP contribution in [0.15, 0.2) is 35.4 Å². The van der Waals surface area contributed by atoms with Gasteiger partial charge in [0, 0.05) is 25.9 Å². The summed E-state index contributed by atoms with van der Waals surface area (Å²) in [5.74, 6) is -1.95. The van der Waals surface area contributed by atoms with Crippen LogP contribution in [0.2, 0.25) is 0 Å². The minimum absolute atomic E-state index is 0.0549. The third-order valence-electron chi connectivity index (χ3n) is 5.04. The van der Waals surface area contributed by atoms with Gasteiger partial charge < -0.3 is 15.1 Å². The number of rotatable bonds is 6. The summed E-state index contributed by atoms with van der Waals surface area (Å²) in [6, 6.07) is 8.03. The highest BCUT2D eigenvalue weighted by Gasteiger charge is 2.38. The number of nitrogens with zero attached hydrogens (tertiary/aromatic N) is 3. The van der Waals surface area contributed by atoms with Gasteiger partial charge in [0.2, 0.25) is 0 Å². The molecule has 0 aromatic heterocycles. The fourth-order valence-electron chi connectivity index (χ4n) is 3.65. The Morgan fingerprint density at radius 3 is 2.56 bits per heavy atom. The van der Waals surface area contributed by atoms with E-state index in [2.05, 4.69) is 5.10 Å². The lowest BCUT2D eigenvalue weighted by Gasteiger charge is -2.32. The first-order valence-corrected chi connectivity index (χ1v) is 9.11. The summed E-state index contributed by atoms with van der Waals surface area (Å²) >= 11 is 0. The molecule has 8 nitrogen and oxygen atoms in total. The number of hydrogen-bond acceptors (Lipinski definition) is 5. The molecular formula is C19H23N3O5. The predicted molar refractivity (Wildman–Crippen MR) is 98.6 cm³/mol. The number of carboxylic acids is 2. The average molecular weight is 373 g/mol. The molecule has 27 heavy (non-hydrogen) atoms. The summed E-state index contributed by atoms with van der Waals surface area (Å²) in [5, 5.41) is 24.1. The number of carboxylic acid groups (broad SMARTS) is 2. The van der Waals surface area contributed by atoms with E-state index in [-0.39, 0.29) is 30.4 Å². The van der Waals surface area contributed by atoms with Crippen molar-refractivity contribution in [3.63, 3.8) is 0 Å². The number of para-hydroxylation sites is 1. The standard InChI is InChI=1S/C19H23N3O5/c23-17(24)9-8-13-5-4-10-21(12-13)18(25)15-11-16(19(26)27)22(20-15)14-6-2-1-3-7-14/h1-3,6-7,13,16H,4-5,8-12H2,(H,23,24)(H,26,27). The first kappa shape index (κ1) is 18.9. The van der Waals surface area contributed by atoms with Crippen molar-refractivity contribution in [2.24, 2.45) is 11.0 Å². The van der Waals surface area contributed by atoms with Crippen LogP contribution in [0.25, 0.3) is 0 Å². The SMILES string of the molecule is O=C(O)CCC1CCCN(C(=O)C2=NN(c3ccccc3)C(C(=O)O)C2)C1. The van der Waals surface area contributed by atoms with Crippen molar-refractivity contribution >= 4 is 29.2 Å². The molecule has 0 aliphatic carbocycles. The van der Waals surface area contributed by atoms with Crippen LogP contribution in [0, 0.1) is 5.92 Å². The van der Waals surface area contributed by atoms with Gasteiger partial charge in [-0.05, 0) is 37.3 Å². The first-order chi connectivity index (χ1) is 13.0. The lowest BCUT2D eigenvalue weighted by molar-refractivity contribution is -0.138. The molecule has 2 aliphatic rings. The van der Waals surface area contributed by atoms with Crippen LogP contribution in [0.5, 0.6) is 0 Å². The molecule has 144 valence electrons. The molecule has 2 N–H and O–H groups in total. The summed E-state index contributed by atoms with van der Waals surface area (Å²) in [5.41, 5.74) is 0.871. The van der Waals surface area contributed by atoms with Crippen LogP contribution < -0.4 is 5.01 Å². The van der Waals surface area contributed by atoms with Crippen molar-refractivity contribution in [1.29, 1.82) is 0 Å². The Balaban J connectivity index is 1.72. The molecule has 0 bridgehead atoms. The Bertz CT molecular complexity index is 749. The van der Waals surface area contributed by atoms with E-state index in [0.29, 0.717) is 25.2 Å². The summed E-state index contributed by atoms with van der Waals surface area (Å²) in [7, 11) is 0. The molecule has 2 aliphatic heterocycles. The number of likely N-dealkylation sites (tertiary alicyclic amines) is 1. The van der Waals surface area contributed by atoms with E-state index < -0.39 is 18.0 Å². The Kier molecular flexibility index (Phi) is 5.73. The molecule has 1 fully saturated rings. The second kappa shape index (κ2) is 8.20. The quantitative estimate of drug-likeness (QED) is 0.787. The number of anilines is 1. The Labute approximate surface area is 157 Å². The summed E-state index contributed by atoms with van der Waals surface area (Å²) in [6.45, 7) is 1.08. The summed E-state index contributed by atoms with van der Waals surface area (Å²) < 4.78 is 0. The van der Waals surface area contributed by atoms with Crippen LogP contribution in [0.1, 0.15) is 32.1 Å². The zero-order valence-corrected chi connectivity index (χ0v) is 15.0. The van der Waals surface area contributed by atoms with Crippen molar-refractivity contribution < 1.29 is 24.6 Å². The normalized spacial score (nSPS) is 22.4. The van der Waals surface area contributed by atoms with Gasteiger partial charge in [-0.1, -0.05) is 18.2 Å². The number of amides is 1. The van der Waals surface area contributed by atoms with Crippen molar-refractivity contribution in [3.05, 3.63) is 30.3 Å². The maximum Gasteiger partial charge on any atom is 0.328 e. The highest BCUT2D eigenvalue weighted by atomic mass is 16.4. The van der Waals surface area contributed by atoms with E-state index in [4.69, 9.17) is 5.11 Å². The van der Waals surface area contributed by atoms with E-state index in [0.717, 1.165) is 12.8 Å². The van der Waals surface area contributed by atoms with Crippen molar-refractivity contribution in [1.82, 2.24) is 4.90 Å². The fraction of sp³-hybridized carbons (Fsp3) is 0.474. The summed E-state index contributed by atoms with van der Waals surface area (Å²) in [4.78, 5) is 37.0. The van der Waals surface area contributed by atoms with Crippen molar-refractivity contribution in [3.8, 4) is 0 Å². The molecule has 1 amide bonds. The maximum absolute atomic E-state index is 12.9. The third kappa shape index (κ3) is 4.45. The molecule has 0 saturated carbocycles.